The van der Waals surface area contributed by atoms with E-state index in [4.69, 9.17) is 4.74 Å². The molecule has 2 aromatic rings. The van der Waals surface area contributed by atoms with Crippen LogP contribution in [0.3, 0.4) is 0 Å². The van der Waals surface area contributed by atoms with Crippen molar-refractivity contribution in [3.63, 3.8) is 0 Å². The van der Waals surface area contributed by atoms with Crippen LogP contribution in [0.1, 0.15) is 17.3 Å². The maximum absolute atomic E-state index is 11.5. The Morgan fingerprint density at radius 2 is 1.52 bits per heavy atom. The summed E-state index contributed by atoms with van der Waals surface area (Å²) in [5.74, 6) is -0.330. The van der Waals surface area contributed by atoms with Gasteiger partial charge in [-0.3, -0.25) is 0 Å². The SMILES string of the molecule is CCOC(=O)c1ccc(/N=N/c2ccc(NC)cc2)cc1. The van der Waals surface area contributed by atoms with Gasteiger partial charge in [-0.15, -0.1) is 0 Å². The second kappa shape index (κ2) is 7.19. The van der Waals surface area contributed by atoms with E-state index in [9.17, 15) is 4.79 Å². The summed E-state index contributed by atoms with van der Waals surface area (Å²) in [4.78, 5) is 11.5. The number of hydrogen-bond donors (Lipinski definition) is 1. The molecule has 0 unspecified atom stereocenters. The summed E-state index contributed by atoms with van der Waals surface area (Å²) in [6.45, 7) is 2.14. The Balaban J connectivity index is 2.05. The number of carbonyl (C=O) groups is 1. The van der Waals surface area contributed by atoms with Gasteiger partial charge in [-0.1, -0.05) is 0 Å². The van der Waals surface area contributed by atoms with Crippen molar-refractivity contribution in [2.24, 2.45) is 10.2 Å². The highest BCUT2D eigenvalue weighted by molar-refractivity contribution is 5.89. The molecule has 5 heteroatoms. The molecule has 21 heavy (non-hydrogen) atoms. The van der Waals surface area contributed by atoms with Crippen LogP contribution in [-0.4, -0.2) is 19.6 Å². The van der Waals surface area contributed by atoms with E-state index in [0.717, 1.165) is 11.4 Å². The van der Waals surface area contributed by atoms with Crippen LogP contribution in [0, 0.1) is 0 Å². The van der Waals surface area contributed by atoms with Gasteiger partial charge in [0, 0.05) is 12.7 Å². The van der Waals surface area contributed by atoms with Gasteiger partial charge < -0.3 is 10.1 Å². The van der Waals surface area contributed by atoms with E-state index in [-0.39, 0.29) is 5.97 Å². The Bertz CT molecular complexity index is 619. The average molecular weight is 283 g/mol. The van der Waals surface area contributed by atoms with Crippen LogP contribution in [-0.2, 0) is 4.74 Å². The van der Waals surface area contributed by atoms with Gasteiger partial charge in [-0.2, -0.15) is 10.2 Å². The number of nitrogens with one attached hydrogen (secondary N) is 1. The Hall–Kier alpha value is -2.69. The summed E-state index contributed by atoms with van der Waals surface area (Å²) in [6, 6.07) is 14.4. The van der Waals surface area contributed by atoms with Gasteiger partial charge in [0.2, 0.25) is 0 Å². The second-order valence-corrected chi connectivity index (χ2v) is 4.26. The number of nitrogens with zero attached hydrogens (tertiary/aromatic N) is 2. The summed E-state index contributed by atoms with van der Waals surface area (Å²) in [5.41, 5.74) is 2.98. The first-order chi connectivity index (χ1) is 10.2. The van der Waals surface area contributed by atoms with Crippen molar-refractivity contribution in [3.05, 3.63) is 54.1 Å². The first-order valence-corrected chi connectivity index (χ1v) is 6.69. The molecule has 0 aliphatic rings. The normalized spacial score (nSPS) is 10.6. The van der Waals surface area contributed by atoms with Crippen molar-refractivity contribution in [1.82, 2.24) is 0 Å². The largest absolute Gasteiger partial charge is 0.462 e. The Morgan fingerprint density at radius 3 is 2.00 bits per heavy atom. The summed E-state index contributed by atoms with van der Waals surface area (Å²) < 4.78 is 4.92. The zero-order valence-electron chi connectivity index (χ0n) is 12.0. The van der Waals surface area contributed by atoms with Crippen molar-refractivity contribution in [2.45, 2.75) is 6.92 Å². The predicted octanol–water partition coefficient (Wildman–Crippen LogP) is 4.32. The predicted molar refractivity (Wildman–Crippen MR) is 82.6 cm³/mol. The quantitative estimate of drug-likeness (QED) is 0.656. The number of azo groups is 1. The molecule has 2 aromatic carbocycles. The van der Waals surface area contributed by atoms with Gasteiger partial charge in [-0.05, 0) is 55.5 Å². The Labute approximate surface area is 123 Å². The minimum Gasteiger partial charge on any atom is -0.462 e. The molecule has 0 aromatic heterocycles. The van der Waals surface area contributed by atoms with E-state index < -0.39 is 0 Å². The molecule has 5 nitrogen and oxygen atoms in total. The zero-order chi connectivity index (χ0) is 15.1. The average Bonchev–Trinajstić information content (AvgIpc) is 2.54. The summed E-state index contributed by atoms with van der Waals surface area (Å²) in [6.07, 6.45) is 0. The Morgan fingerprint density at radius 1 is 1.00 bits per heavy atom. The van der Waals surface area contributed by atoms with Crippen LogP contribution < -0.4 is 5.32 Å². The molecule has 108 valence electrons. The summed E-state index contributed by atoms with van der Waals surface area (Å²) in [5, 5.41) is 11.3. The smallest absolute Gasteiger partial charge is 0.338 e. The second-order valence-electron chi connectivity index (χ2n) is 4.26. The highest BCUT2D eigenvalue weighted by Gasteiger charge is 2.05. The molecule has 0 fully saturated rings. The van der Waals surface area contributed by atoms with E-state index in [1.165, 1.54) is 0 Å². The standard InChI is InChI=1S/C16H17N3O2/c1-3-21-16(20)12-4-6-14(7-5-12)18-19-15-10-8-13(17-2)9-11-15/h4-11,17H,3H2,1-2H3/b19-18+. The maximum Gasteiger partial charge on any atom is 0.338 e. The fourth-order valence-corrected chi connectivity index (χ4v) is 1.69. The first-order valence-electron chi connectivity index (χ1n) is 6.69. The molecule has 0 bridgehead atoms. The first kappa shape index (κ1) is 14.7. The molecule has 0 aliphatic heterocycles. The lowest BCUT2D eigenvalue weighted by Gasteiger charge is -2.01. The minimum atomic E-state index is -0.330. The summed E-state index contributed by atoms with van der Waals surface area (Å²) >= 11 is 0. The molecule has 0 radical (unpaired) electrons. The Kier molecular flexibility index (Phi) is 5.04. The van der Waals surface area contributed by atoms with Crippen LogP contribution in [0.2, 0.25) is 0 Å². The molecule has 0 aliphatic carbocycles. The fraction of sp³-hybridized carbons (Fsp3) is 0.188. The molecule has 0 saturated heterocycles. The van der Waals surface area contributed by atoms with Crippen LogP contribution >= 0.6 is 0 Å². The third-order valence-corrected chi connectivity index (χ3v) is 2.82. The molecule has 2 rings (SSSR count). The van der Waals surface area contributed by atoms with E-state index in [1.54, 1.807) is 31.2 Å². The van der Waals surface area contributed by atoms with Crippen LogP contribution in [0.25, 0.3) is 0 Å². The topological polar surface area (TPSA) is 63.0 Å². The molecule has 1 N–H and O–H groups in total. The van der Waals surface area contributed by atoms with Crippen LogP contribution in [0.15, 0.2) is 58.8 Å². The van der Waals surface area contributed by atoms with E-state index in [1.807, 2.05) is 31.3 Å². The van der Waals surface area contributed by atoms with Crippen LogP contribution in [0.4, 0.5) is 17.1 Å². The lowest BCUT2D eigenvalue weighted by molar-refractivity contribution is 0.0526. The minimum absolute atomic E-state index is 0.330. The van der Waals surface area contributed by atoms with Gasteiger partial charge in [-0.25, -0.2) is 4.79 Å². The van der Waals surface area contributed by atoms with E-state index in [0.29, 0.717) is 17.9 Å². The maximum atomic E-state index is 11.5. The van der Waals surface area contributed by atoms with Crippen LogP contribution in [0.5, 0.6) is 0 Å². The van der Waals surface area contributed by atoms with E-state index >= 15 is 0 Å². The zero-order valence-corrected chi connectivity index (χ0v) is 12.0. The third-order valence-electron chi connectivity index (χ3n) is 2.82. The highest BCUT2D eigenvalue weighted by Crippen LogP contribution is 2.20. The monoisotopic (exact) mass is 283 g/mol. The number of esters is 1. The summed E-state index contributed by atoms with van der Waals surface area (Å²) in [7, 11) is 1.86. The lowest BCUT2D eigenvalue weighted by Crippen LogP contribution is -2.03. The number of hydrogen-bond acceptors (Lipinski definition) is 5. The fourth-order valence-electron chi connectivity index (χ4n) is 1.69. The molecule has 0 atom stereocenters. The van der Waals surface area contributed by atoms with Crippen molar-refractivity contribution < 1.29 is 9.53 Å². The number of carbonyl (C=O) groups excluding carboxylic acids is 1. The van der Waals surface area contributed by atoms with Gasteiger partial charge in [0.1, 0.15) is 0 Å². The van der Waals surface area contributed by atoms with Gasteiger partial charge >= 0.3 is 5.97 Å². The van der Waals surface area contributed by atoms with Crippen molar-refractivity contribution >= 4 is 23.0 Å². The number of anilines is 1. The van der Waals surface area contributed by atoms with Gasteiger partial charge in [0.05, 0.1) is 23.5 Å². The molecule has 0 heterocycles. The lowest BCUT2D eigenvalue weighted by atomic mass is 10.2. The number of ether oxygens (including phenoxy) is 1. The number of rotatable bonds is 5. The van der Waals surface area contributed by atoms with E-state index in [2.05, 4.69) is 15.5 Å². The number of benzene rings is 2. The molecule has 0 amide bonds. The molecular weight excluding hydrogens is 266 g/mol. The highest BCUT2D eigenvalue weighted by atomic mass is 16.5. The van der Waals surface area contributed by atoms with Crippen molar-refractivity contribution in [1.29, 1.82) is 0 Å². The van der Waals surface area contributed by atoms with Gasteiger partial charge in [0.25, 0.3) is 0 Å². The van der Waals surface area contributed by atoms with Crippen molar-refractivity contribution in [2.75, 3.05) is 19.0 Å². The third kappa shape index (κ3) is 4.14. The molecule has 0 spiro atoms. The molecule has 0 saturated carbocycles. The van der Waals surface area contributed by atoms with Crippen molar-refractivity contribution in [3.8, 4) is 0 Å². The molecular formula is C16H17N3O2. The van der Waals surface area contributed by atoms with Gasteiger partial charge in [0.15, 0.2) is 0 Å².